The van der Waals surface area contributed by atoms with Gasteiger partial charge in [0.1, 0.15) is 0 Å². The number of aromatic amines is 1. The molecule has 10 nitrogen and oxygen atoms in total. The standard InChI is InChI=1S/C33H35N9O/c1-22-4-9-28(37-32(43)25-7-5-24(6-8-25)21-42-14-12-41(3)13-15-42)17-31(22)39-33-35-11-10-30(38-33)27-16-26(18-34-19-27)29-20-36-40-23(29)2/h4-11,16-20H,12-15,21H2,1-3H3,(H,36,40)(H,37,43)(H,35,38,39). The van der Waals surface area contributed by atoms with Crippen molar-refractivity contribution in [1.82, 2.24) is 34.9 Å². The summed E-state index contributed by atoms with van der Waals surface area (Å²) in [5.41, 5.74) is 8.87. The number of anilines is 3. The quantitative estimate of drug-likeness (QED) is 0.229. The minimum atomic E-state index is -0.153. The van der Waals surface area contributed by atoms with E-state index in [1.165, 1.54) is 5.56 Å². The van der Waals surface area contributed by atoms with Crippen molar-refractivity contribution in [2.45, 2.75) is 20.4 Å². The molecule has 3 N–H and O–H groups in total. The molecule has 5 aromatic rings. The van der Waals surface area contributed by atoms with Crippen LogP contribution in [0.3, 0.4) is 0 Å². The average molecular weight is 574 g/mol. The Hall–Kier alpha value is -4.93. The first-order chi connectivity index (χ1) is 20.9. The van der Waals surface area contributed by atoms with Gasteiger partial charge in [-0.1, -0.05) is 18.2 Å². The topological polar surface area (TPSA) is 115 Å². The molecule has 1 saturated heterocycles. The van der Waals surface area contributed by atoms with E-state index in [-0.39, 0.29) is 5.91 Å². The molecule has 10 heteroatoms. The third-order valence-corrected chi connectivity index (χ3v) is 7.79. The summed E-state index contributed by atoms with van der Waals surface area (Å²) in [7, 11) is 2.16. The fraction of sp³-hybridized carbons (Fsp3) is 0.242. The van der Waals surface area contributed by atoms with Gasteiger partial charge in [-0.05, 0) is 68.4 Å². The molecule has 43 heavy (non-hydrogen) atoms. The number of hydrogen-bond donors (Lipinski definition) is 3. The number of pyridine rings is 1. The molecule has 0 saturated carbocycles. The second kappa shape index (κ2) is 12.5. The Morgan fingerprint density at radius 2 is 1.72 bits per heavy atom. The Morgan fingerprint density at radius 1 is 0.930 bits per heavy atom. The molecule has 1 aliphatic rings. The summed E-state index contributed by atoms with van der Waals surface area (Å²) < 4.78 is 0. The number of carbonyl (C=O) groups is 1. The van der Waals surface area contributed by atoms with Gasteiger partial charge in [-0.25, -0.2) is 9.97 Å². The Morgan fingerprint density at radius 3 is 2.49 bits per heavy atom. The summed E-state index contributed by atoms with van der Waals surface area (Å²) in [6.45, 7) is 9.18. The molecule has 0 aliphatic carbocycles. The van der Waals surface area contributed by atoms with Crippen LogP contribution in [0.4, 0.5) is 17.3 Å². The highest BCUT2D eigenvalue weighted by atomic mass is 16.1. The molecule has 0 bridgehead atoms. The van der Waals surface area contributed by atoms with Crippen molar-refractivity contribution < 1.29 is 4.79 Å². The van der Waals surface area contributed by atoms with E-state index in [0.717, 1.165) is 72.1 Å². The van der Waals surface area contributed by atoms with Crippen LogP contribution in [0.5, 0.6) is 0 Å². The molecule has 1 fully saturated rings. The molecule has 0 unspecified atom stereocenters. The lowest BCUT2D eigenvalue weighted by Gasteiger charge is -2.32. The Labute approximate surface area is 251 Å². The van der Waals surface area contributed by atoms with Crippen molar-refractivity contribution >= 4 is 23.2 Å². The summed E-state index contributed by atoms with van der Waals surface area (Å²) in [5, 5.41) is 13.4. The first-order valence-electron chi connectivity index (χ1n) is 14.4. The minimum Gasteiger partial charge on any atom is -0.324 e. The van der Waals surface area contributed by atoms with Crippen LogP contribution >= 0.6 is 0 Å². The summed E-state index contributed by atoms with van der Waals surface area (Å²) in [4.78, 5) is 31.4. The fourth-order valence-electron chi connectivity index (χ4n) is 5.13. The lowest BCUT2D eigenvalue weighted by molar-refractivity contribution is 0.102. The predicted molar refractivity (Wildman–Crippen MR) is 169 cm³/mol. The van der Waals surface area contributed by atoms with Crippen molar-refractivity contribution in [2.24, 2.45) is 0 Å². The van der Waals surface area contributed by atoms with Gasteiger partial charge in [0.25, 0.3) is 5.91 Å². The Balaban J connectivity index is 1.13. The maximum absolute atomic E-state index is 13.1. The number of benzene rings is 2. The molecule has 218 valence electrons. The number of H-pyrrole nitrogens is 1. The maximum Gasteiger partial charge on any atom is 0.255 e. The van der Waals surface area contributed by atoms with Gasteiger partial charge in [-0.2, -0.15) is 5.10 Å². The second-order valence-corrected chi connectivity index (χ2v) is 11.0. The molecular formula is C33H35N9O. The van der Waals surface area contributed by atoms with Crippen molar-refractivity contribution in [2.75, 3.05) is 43.9 Å². The zero-order valence-electron chi connectivity index (χ0n) is 24.6. The number of aryl methyl sites for hydroxylation is 2. The molecule has 6 rings (SSSR count). The van der Waals surface area contributed by atoms with Gasteiger partial charge < -0.3 is 15.5 Å². The molecule has 0 spiro atoms. The van der Waals surface area contributed by atoms with Crippen molar-refractivity contribution in [3.8, 4) is 22.4 Å². The Kier molecular flexibility index (Phi) is 8.21. The first-order valence-corrected chi connectivity index (χ1v) is 14.4. The molecule has 0 radical (unpaired) electrons. The van der Waals surface area contributed by atoms with Crippen LogP contribution in [-0.2, 0) is 6.54 Å². The van der Waals surface area contributed by atoms with E-state index in [1.807, 2.05) is 74.6 Å². The van der Waals surface area contributed by atoms with E-state index in [0.29, 0.717) is 17.2 Å². The van der Waals surface area contributed by atoms with E-state index in [4.69, 9.17) is 4.98 Å². The number of aromatic nitrogens is 5. The number of rotatable bonds is 8. The lowest BCUT2D eigenvalue weighted by Crippen LogP contribution is -2.43. The van der Waals surface area contributed by atoms with E-state index >= 15 is 0 Å². The molecule has 0 atom stereocenters. The van der Waals surface area contributed by atoms with Crippen LogP contribution in [0.1, 0.15) is 27.2 Å². The minimum absolute atomic E-state index is 0.153. The molecule has 2 aromatic carbocycles. The van der Waals surface area contributed by atoms with Crippen LogP contribution in [0, 0.1) is 13.8 Å². The SMILES string of the molecule is Cc1ccc(NC(=O)c2ccc(CN3CCN(C)CC3)cc2)cc1Nc1nccc(-c2cncc(-c3cn[nH]c3C)c2)n1. The van der Waals surface area contributed by atoms with Crippen molar-refractivity contribution in [1.29, 1.82) is 0 Å². The number of carbonyl (C=O) groups excluding carboxylic acids is 1. The molecule has 3 aromatic heterocycles. The zero-order valence-corrected chi connectivity index (χ0v) is 24.6. The summed E-state index contributed by atoms with van der Waals surface area (Å²) in [6.07, 6.45) is 7.11. The average Bonchev–Trinajstić information content (AvgIpc) is 3.46. The Bertz CT molecular complexity index is 1720. The summed E-state index contributed by atoms with van der Waals surface area (Å²) in [6, 6.07) is 17.5. The number of piperazine rings is 1. The number of nitrogens with one attached hydrogen (secondary N) is 3. The largest absolute Gasteiger partial charge is 0.324 e. The monoisotopic (exact) mass is 573 g/mol. The van der Waals surface area contributed by atoms with E-state index in [2.05, 4.69) is 47.6 Å². The molecule has 4 heterocycles. The smallest absolute Gasteiger partial charge is 0.255 e. The van der Waals surface area contributed by atoms with Crippen LogP contribution in [-0.4, -0.2) is 74.1 Å². The summed E-state index contributed by atoms with van der Waals surface area (Å²) >= 11 is 0. The number of likely N-dealkylation sites (N-methyl/N-ethyl adjacent to an activating group) is 1. The van der Waals surface area contributed by atoms with Gasteiger partial charge in [-0.15, -0.1) is 0 Å². The van der Waals surface area contributed by atoms with E-state index in [1.54, 1.807) is 18.6 Å². The molecule has 1 amide bonds. The van der Waals surface area contributed by atoms with Gasteiger partial charge >= 0.3 is 0 Å². The van der Waals surface area contributed by atoms with E-state index < -0.39 is 0 Å². The highest BCUT2D eigenvalue weighted by molar-refractivity contribution is 6.04. The van der Waals surface area contributed by atoms with Crippen LogP contribution in [0.15, 0.2) is 79.4 Å². The fourth-order valence-corrected chi connectivity index (χ4v) is 5.13. The van der Waals surface area contributed by atoms with Gasteiger partial charge in [-0.3, -0.25) is 19.8 Å². The van der Waals surface area contributed by atoms with Gasteiger partial charge in [0, 0.05) is 90.6 Å². The zero-order chi connectivity index (χ0) is 29.8. The normalized spacial score (nSPS) is 14.0. The van der Waals surface area contributed by atoms with Crippen LogP contribution in [0.25, 0.3) is 22.4 Å². The lowest BCUT2D eigenvalue weighted by atomic mass is 10.1. The maximum atomic E-state index is 13.1. The van der Waals surface area contributed by atoms with Crippen LogP contribution < -0.4 is 10.6 Å². The molecular weight excluding hydrogens is 538 g/mol. The van der Waals surface area contributed by atoms with Crippen molar-refractivity contribution in [3.05, 3.63) is 102 Å². The number of hydrogen-bond acceptors (Lipinski definition) is 8. The predicted octanol–water partition coefficient (Wildman–Crippen LogP) is 5.29. The highest BCUT2D eigenvalue weighted by Gasteiger charge is 2.15. The third-order valence-electron chi connectivity index (χ3n) is 7.79. The highest BCUT2D eigenvalue weighted by Crippen LogP contribution is 2.27. The first kappa shape index (κ1) is 28.2. The van der Waals surface area contributed by atoms with Gasteiger partial charge in [0.05, 0.1) is 11.9 Å². The van der Waals surface area contributed by atoms with E-state index in [9.17, 15) is 4.79 Å². The number of amides is 1. The van der Waals surface area contributed by atoms with Gasteiger partial charge in [0.15, 0.2) is 0 Å². The van der Waals surface area contributed by atoms with Crippen LogP contribution in [0.2, 0.25) is 0 Å². The number of nitrogens with zero attached hydrogens (tertiary/aromatic N) is 6. The molecule has 1 aliphatic heterocycles. The summed E-state index contributed by atoms with van der Waals surface area (Å²) in [5.74, 6) is 0.296. The third kappa shape index (κ3) is 6.77. The van der Waals surface area contributed by atoms with Crippen molar-refractivity contribution in [3.63, 3.8) is 0 Å². The van der Waals surface area contributed by atoms with Gasteiger partial charge in [0.2, 0.25) is 5.95 Å². The second-order valence-electron chi connectivity index (χ2n) is 11.0.